The normalized spacial score (nSPS) is 15.6. The molecule has 3 aromatic rings. The summed E-state index contributed by atoms with van der Waals surface area (Å²) in [7, 11) is 0. The zero-order chi connectivity index (χ0) is 25.3. The van der Waals surface area contributed by atoms with Crippen LogP contribution in [0.3, 0.4) is 0 Å². The van der Waals surface area contributed by atoms with E-state index in [-0.39, 0.29) is 46.6 Å². The molecule has 2 heterocycles. The van der Waals surface area contributed by atoms with Crippen molar-refractivity contribution in [3.63, 3.8) is 0 Å². The topological polar surface area (TPSA) is 103 Å². The molecule has 1 aliphatic rings. The third-order valence-corrected chi connectivity index (χ3v) is 6.39. The first-order chi connectivity index (χ1) is 16.7. The van der Waals surface area contributed by atoms with Gasteiger partial charge in [-0.2, -0.15) is 0 Å². The molecule has 180 valence electrons. The molecule has 0 saturated carbocycles. The summed E-state index contributed by atoms with van der Waals surface area (Å²) < 4.78 is 14.7. The lowest BCUT2D eigenvalue weighted by atomic mass is 9.93. The van der Waals surface area contributed by atoms with Crippen LogP contribution in [-0.4, -0.2) is 47.3 Å². The predicted octanol–water partition coefficient (Wildman–Crippen LogP) is 4.63. The van der Waals surface area contributed by atoms with E-state index in [4.69, 9.17) is 23.2 Å². The number of aromatic nitrogens is 2. The van der Waals surface area contributed by atoms with Gasteiger partial charge in [-0.3, -0.25) is 19.6 Å². The summed E-state index contributed by atoms with van der Waals surface area (Å²) in [4.78, 5) is 41.4. The van der Waals surface area contributed by atoms with E-state index in [0.717, 1.165) is 17.2 Å². The van der Waals surface area contributed by atoms with Gasteiger partial charge >= 0.3 is 0 Å². The fourth-order valence-electron chi connectivity index (χ4n) is 4.20. The number of nitrogens with zero attached hydrogens (tertiary/aromatic N) is 4. The van der Waals surface area contributed by atoms with Crippen LogP contribution in [0.1, 0.15) is 29.9 Å². The van der Waals surface area contributed by atoms with Crippen molar-refractivity contribution >= 4 is 64.8 Å². The first-order valence-corrected chi connectivity index (χ1v) is 11.4. The van der Waals surface area contributed by atoms with Gasteiger partial charge in [-0.05, 0) is 62.2 Å². The number of hydrogen-bond donors (Lipinski definition) is 2. The number of halogens is 3. The molecule has 1 amide bonds. The van der Waals surface area contributed by atoms with Crippen LogP contribution in [0.5, 0.6) is 0 Å². The van der Waals surface area contributed by atoms with E-state index in [1.165, 1.54) is 12.3 Å². The fourth-order valence-corrected chi connectivity index (χ4v) is 4.89. The molecule has 0 fully saturated rings. The quantitative estimate of drug-likeness (QED) is 0.468. The van der Waals surface area contributed by atoms with E-state index in [2.05, 4.69) is 38.7 Å². The number of anilines is 1. The second kappa shape index (κ2) is 9.97. The molecule has 2 aromatic carbocycles. The Kier molecular flexibility index (Phi) is 7.00. The number of benzene rings is 2. The van der Waals surface area contributed by atoms with E-state index in [9.17, 15) is 14.0 Å². The molecule has 0 aliphatic carbocycles. The first-order valence-electron chi connectivity index (χ1n) is 10.6. The minimum absolute atomic E-state index is 0.0312. The number of fused-ring (bicyclic) bond motifs is 2. The molecule has 0 spiro atoms. The Bertz CT molecular complexity index is 1450. The SMILES string of the molecule is C=N/C=C(\N=C)c1nc2cc(NCC(=O)N3CCc4cc(Cl)cc(Cl)c4C3C)c(F)cc2c(=O)[nH]1. The number of aliphatic imine (C=N–C) groups is 2. The van der Waals surface area contributed by atoms with Gasteiger partial charge in [0.2, 0.25) is 5.91 Å². The maximum atomic E-state index is 14.7. The van der Waals surface area contributed by atoms with Gasteiger partial charge in [-0.1, -0.05) is 23.2 Å². The molecule has 4 rings (SSSR count). The summed E-state index contributed by atoms with van der Waals surface area (Å²) in [6, 6.07) is 5.69. The van der Waals surface area contributed by atoms with Gasteiger partial charge < -0.3 is 15.2 Å². The summed E-state index contributed by atoms with van der Waals surface area (Å²) in [5.41, 5.74) is 1.76. The second-order valence-electron chi connectivity index (χ2n) is 7.95. The summed E-state index contributed by atoms with van der Waals surface area (Å²) >= 11 is 12.5. The van der Waals surface area contributed by atoms with E-state index >= 15 is 0 Å². The Morgan fingerprint density at radius 2 is 2.11 bits per heavy atom. The summed E-state index contributed by atoms with van der Waals surface area (Å²) in [6.07, 6.45) is 1.90. The van der Waals surface area contributed by atoms with Crippen molar-refractivity contribution in [2.24, 2.45) is 9.98 Å². The Morgan fingerprint density at radius 3 is 2.83 bits per heavy atom. The monoisotopic (exact) mass is 514 g/mol. The lowest BCUT2D eigenvalue weighted by Crippen LogP contribution is -2.42. The number of rotatable bonds is 6. The fraction of sp³-hybridized carbons (Fsp3) is 0.208. The van der Waals surface area contributed by atoms with Crippen molar-refractivity contribution in [2.45, 2.75) is 19.4 Å². The smallest absolute Gasteiger partial charge is 0.259 e. The molecule has 0 bridgehead atoms. The van der Waals surface area contributed by atoms with Gasteiger partial charge in [0.05, 0.1) is 35.4 Å². The molecule has 1 unspecified atom stereocenters. The van der Waals surface area contributed by atoms with Crippen LogP contribution in [0.25, 0.3) is 16.6 Å². The van der Waals surface area contributed by atoms with Crippen molar-refractivity contribution < 1.29 is 9.18 Å². The summed E-state index contributed by atoms with van der Waals surface area (Å²) in [5, 5.41) is 3.93. The number of amides is 1. The number of nitrogens with one attached hydrogen (secondary N) is 2. The molecule has 35 heavy (non-hydrogen) atoms. The van der Waals surface area contributed by atoms with Crippen molar-refractivity contribution in [1.29, 1.82) is 0 Å². The van der Waals surface area contributed by atoms with Gasteiger partial charge in [0.1, 0.15) is 11.5 Å². The number of carbonyl (C=O) groups is 1. The maximum absolute atomic E-state index is 14.7. The highest BCUT2D eigenvalue weighted by atomic mass is 35.5. The number of carbonyl (C=O) groups excluding carboxylic acids is 1. The predicted molar refractivity (Wildman–Crippen MR) is 138 cm³/mol. The van der Waals surface area contributed by atoms with Crippen LogP contribution < -0.4 is 10.9 Å². The molecule has 2 N–H and O–H groups in total. The molecule has 0 radical (unpaired) electrons. The first kappa shape index (κ1) is 24.6. The van der Waals surface area contributed by atoms with E-state index in [1.807, 2.05) is 13.0 Å². The van der Waals surface area contributed by atoms with E-state index in [1.54, 1.807) is 11.0 Å². The summed E-state index contributed by atoms with van der Waals surface area (Å²) in [6.45, 7) is 8.98. The minimum atomic E-state index is -0.689. The Morgan fingerprint density at radius 1 is 1.34 bits per heavy atom. The largest absolute Gasteiger partial charge is 0.374 e. The highest BCUT2D eigenvalue weighted by Gasteiger charge is 2.29. The lowest BCUT2D eigenvalue weighted by Gasteiger charge is -2.36. The Balaban J connectivity index is 1.58. The van der Waals surface area contributed by atoms with Gasteiger partial charge in [-0.25, -0.2) is 9.37 Å². The van der Waals surface area contributed by atoms with Crippen molar-refractivity contribution in [3.05, 3.63) is 73.6 Å². The Labute approximate surface area is 210 Å². The third kappa shape index (κ3) is 4.82. The van der Waals surface area contributed by atoms with Crippen LogP contribution in [0, 0.1) is 5.82 Å². The average Bonchev–Trinajstić information content (AvgIpc) is 2.81. The van der Waals surface area contributed by atoms with Crippen molar-refractivity contribution in [2.75, 3.05) is 18.4 Å². The number of hydrogen-bond acceptors (Lipinski definition) is 6. The average molecular weight is 515 g/mol. The van der Waals surface area contributed by atoms with E-state index in [0.29, 0.717) is 23.0 Å². The molecular weight excluding hydrogens is 494 g/mol. The maximum Gasteiger partial charge on any atom is 0.259 e. The molecule has 1 aliphatic heterocycles. The van der Waals surface area contributed by atoms with Crippen molar-refractivity contribution in [1.82, 2.24) is 14.9 Å². The molecule has 11 heteroatoms. The third-order valence-electron chi connectivity index (χ3n) is 5.86. The van der Waals surface area contributed by atoms with Crippen LogP contribution in [0.15, 0.2) is 45.2 Å². The van der Waals surface area contributed by atoms with Crippen LogP contribution in [-0.2, 0) is 11.2 Å². The van der Waals surface area contributed by atoms with Crippen molar-refractivity contribution in [3.8, 4) is 0 Å². The van der Waals surface area contributed by atoms with E-state index < -0.39 is 11.4 Å². The molecule has 0 saturated heterocycles. The van der Waals surface area contributed by atoms with Crippen LogP contribution >= 0.6 is 23.2 Å². The lowest BCUT2D eigenvalue weighted by molar-refractivity contribution is -0.131. The van der Waals surface area contributed by atoms with Gasteiger partial charge in [0, 0.05) is 16.6 Å². The van der Waals surface area contributed by atoms with Gasteiger partial charge in [0.15, 0.2) is 5.82 Å². The molecular formula is C24H21Cl2FN6O2. The van der Waals surface area contributed by atoms with Crippen LogP contribution in [0.2, 0.25) is 10.0 Å². The molecule has 1 atom stereocenters. The zero-order valence-electron chi connectivity index (χ0n) is 18.7. The standard InChI is InChI=1S/C24H21Cl2FN6O2/c1-12-22-13(6-14(25)7-16(22)26)4-5-33(12)21(34)11-30-19-9-18-15(8-17(19)27)24(35)32-23(31-18)20(29-3)10-28-2/h6-10,12,30H,2-5,11H2,1H3,(H,31,32,35)/b20-10-. The number of aromatic amines is 1. The Hall–Kier alpha value is -3.56. The minimum Gasteiger partial charge on any atom is -0.374 e. The molecule has 8 nitrogen and oxygen atoms in total. The highest BCUT2D eigenvalue weighted by molar-refractivity contribution is 6.35. The zero-order valence-corrected chi connectivity index (χ0v) is 20.3. The molecule has 1 aromatic heterocycles. The van der Waals surface area contributed by atoms with Gasteiger partial charge in [-0.15, -0.1) is 0 Å². The highest BCUT2D eigenvalue weighted by Crippen LogP contribution is 2.37. The number of H-pyrrole nitrogens is 1. The van der Waals surface area contributed by atoms with Gasteiger partial charge in [0.25, 0.3) is 5.56 Å². The van der Waals surface area contributed by atoms with Crippen LogP contribution in [0.4, 0.5) is 10.1 Å². The second-order valence-corrected chi connectivity index (χ2v) is 8.79. The summed E-state index contributed by atoms with van der Waals surface area (Å²) in [5.74, 6) is -0.812.